The first-order valence-corrected chi connectivity index (χ1v) is 10.5. The molecule has 0 unspecified atom stereocenters. The monoisotopic (exact) mass is 401 g/mol. The minimum atomic E-state index is -0.224. The second-order valence-electron chi connectivity index (χ2n) is 7.83. The molecule has 5 heteroatoms. The third kappa shape index (κ3) is 4.62. The molecule has 1 aliphatic heterocycles. The molecule has 3 aromatic rings. The molecule has 0 spiro atoms. The van der Waals surface area contributed by atoms with Crippen molar-refractivity contribution in [2.24, 2.45) is 0 Å². The summed E-state index contributed by atoms with van der Waals surface area (Å²) in [5.41, 5.74) is 3.96. The zero-order valence-corrected chi connectivity index (χ0v) is 17.3. The van der Waals surface area contributed by atoms with Crippen LogP contribution in [0, 0.1) is 6.92 Å². The average molecular weight is 402 g/mol. The van der Waals surface area contributed by atoms with Crippen LogP contribution in [0.4, 0.5) is 11.4 Å². The second-order valence-corrected chi connectivity index (χ2v) is 7.83. The maximum Gasteiger partial charge on any atom is 0.243 e. The Morgan fingerprint density at radius 1 is 0.933 bits per heavy atom. The van der Waals surface area contributed by atoms with Crippen LogP contribution in [0.15, 0.2) is 60.7 Å². The topological polar surface area (TPSA) is 61.4 Å². The summed E-state index contributed by atoms with van der Waals surface area (Å²) in [4.78, 5) is 27.1. The first-order valence-electron chi connectivity index (χ1n) is 10.5. The molecule has 5 nitrogen and oxygen atoms in total. The highest BCUT2D eigenvalue weighted by molar-refractivity contribution is 5.96. The van der Waals surface area contributed by atoms with Crippen LogP contribution in [0.25, 0.3) is 10.8 Å². The Labute approximate surface area is 177 Å². The Morgan fingerprint density at radius 2 is 1.70 bits per heavy atom. The van der Waals surface area contributed by atoms with Gasteiger partial charge in [-0.15, -0.1) is 0 Å². The molecule has 1 heterocycles. The van der Waals surface area contributed by atoms with E-state index in [4.69, 9.17) is 0 Å². The van der Waals surface area contributed by atoms with Crippen molar-refractivity contribution in [3.63, 3.8) is 0 Å². The highest BCUT2D eigenvalue weighted by Crippen LogP contribution is 2.25. The number of anilines is 2. The Morgan fingerprint density at radius 3 is 2.50 bits per heavy atom. The second kappa shape index (κ2) is 8.99. The van der Waals surface area contributed by atoms with Crippen LogP contribution in [-0.2, 0) is 16.0 Å². The van der Waals surface area contributed by atoms with Crippen LogP contribution in [0.1, 0.15) is 24.0 Å². The number of aryl methyl sites for hydroxylation is 1. The van der Waals surface area contributed by atoms with Gasteiger partial charge in [-0.05, 0) is 59.9 Å². The van der Waals surface area contributed by atoms with Gasteiger partial charge in [-0.3, -0.25) is 9.59 Å². The number of fused-ring (bicyclic) bond motifs is 1. The average Bonchev–Trinajstić information content (AvgIpc) is 3.29. The summed E-state index contributed by atoms with van der Waals surface area (Å²) in [6.07, 6.45) is 2.71. The summed E-state index contributed by atoms with van der Waals surface area (Å²) < 4.78 is 0. The molecule has 1 saturated heterocycles. The fourth-order valence-electron chi connectivity index (χ4n) is 4.02. The summed E-state index contributed by atoms with van der Waals surface area (Å²) in [6, 6.07) is 20.0. The van der Waals surface area contributed by atoms with Crippen molar-refractivity contribution >= 4 is 34.0 Å². The molecule has 1 fully saturated rings. The lowest BCUT2D eigenvalue weighted by Crippen LogP contribution is -2.34. The third-order valence-corrected chi connectivity index (χ3v) is 5.63. The van der Waals surface area contributed by atoms with Crippen molar-refractivity contribution in [2.45, 2.75) is 26.2 Å². The highest BCUT2D eigenvalue weighted by Gasteiger charge is 2.14. The maximum atomic E-state index is 12.4. The minimum Gasteiger partial charge on any atom is -0.372 e. The van der Waals surface area contributed by atoms with Gasteiger partial charge < -0.3 is 15.5 Å². The van der Waals surface area contributed by atoms with E-state index in [1.54, 1.807) is 0 Å². The molecule has 2 amide bonds. The highest BCUT2D eigenvalue weighted by atomic mass is 16.2. The summed E-state index contributed by atoms with van der Waals surface area (Å²) in [7, 11) is 0. The smallest absolute Gasteiger partial charge is 0.243 e. The fraction of sp³-hybridized carbons (Fsp3) is 0.280. The fourth-order valence-corrected chi connectivity index (χ4v) is 4.02. The maximum absolute atomic E-state index is 12.4. The number of rotatable bonds is 6. The predicted molar refractivity (Wildman–Crippen MR) is 122 cm³/mol. The van der Waals surface area contributed by atoms with Crippen molar-refractivity contribution in [1.82, 2.24) is 5.32 Å². The van der Waals surface area contributed by atoms with Crippen LogP contribution >= 0.6 is 0 Å². The SMILES string of the molecule is Cc1cc(N2CCCC2)ccc1NC(=O)CNC(=O)Cc1cccc2ccccc12. The molecule has 2 N–H and O–H groups in total. The standard InChI is InChI=1S/C25H27N3O2/c1-18-15-21(28-13-4-5-14-28)11-12-23(18)27-25(30)17-26-24(29)16-20-9-6-8-19-7-2-3-10-22(19)20/h2-3,6-12,15H,4-5,13-14,16-17H2,1H3,(H,26,29)(H,27,30). The van der Waals surface area contributed by atoms with Crippen LogP contribution in [0.3, 0.4) is 0 Å². The lowest BCUT2D eigenvalue weighted by molar-refractivity contribution is -0.123. The lowest BCUT2D eigenvalue weighted by Gasteiger charge is -2.19. The molecule has 0 aliphatic carbocycles. The number of hydrogen-bond donors (Lipinski definition) is 2. The zero-order chi connectivity index (χ0) is 20.9. The number of benzene rings is 3. The first-order chi connectivity index (χ1) is 14.6. The summed E-state index contributed by atoms with van der Waals surface area (Å²) in [5, 5.41) is 7.81. The number of nitrogens with one attached hydrogen (secondary N) is 2. The number of nitrogens with zero attached hydrogens (tertiary/aromatic N) is 1. The van der Waals surface area contributed by atoms with Gasteiger partial charge in [0.1, 0.15) is 0 Å². The molecule has 1 aliphatic rings. The molecule has 4 rings (SSSR count). The molecule has 30 heavy (non-hydrogen) atoms. The summed E-state index contributed by atoms with van der Waals surface area (Å²) >= 11 is 0. The van der Waals surface area contributed by atoms with Gasteiger partial charge >= 0.3 is 0 Å². The molecule has 0 aromatic heterocycles. The minimum absolute atomic E-state index is 0.0447. The van der Waals surface area contributed by atoms with E-state index >= 15 is 0 Å². The van der Waals surface area contributed by atoms with Gasteiger partial charge in [0.05, 0.1) is 13.0 Å². The molecule has 154 valence electrons. The molecule has 0 saturated carbocycles. The van der Waals surface area contributed by atoms with Crippen LogP contribution in [-0.4, -0.2) is 31.4 Å². The van der Waals surface area contributed by atoms with Crippen LogP contribution in [0.2, 0.25) is 0 Å². The number of amides is 2. The zero-order valence-electron chi connectivity index (χ0n) is 17.3. The van der Waals surface area contributed by atoms with Crippen LogP contribution < -0.4 is 15.5 Å². The van der Waals surface area contributed by atoms with Gasteiger partial charge in [0.15, 0.2) is 0 Å². The molecule has 0 atom stereocenters. The van der Waals surface area contributed by atoms with Gasteiger partial charge in [-0.25, -0.2) is 0 Å². The van der Waals surface area contributed by atoms with Gasteiger partial charge in [0.25, 0.3) is 0 Å². The van der Waals surface area contributed by atoms with Crippen molar-refractivity contribution < 1.29 is 9.59 Å². The van der Waals surface area contributed by atoms with Gasteiger partial charge in [0, 0.05) is 24.5 Å². The first kappa shape index (κ1) is 20.0. The van der Waals surface area contributed by atoms with Gasteiger partial charge in [-0.2, -0.15) is 0 Å². The summed E-state index contributed by atoms with van der Waals surface area (Å²) in [5.74, 6) is -0.388. The molecule has 3 aromatic carbocycles. The third-order valence-electron chi connectivity index (χ3n) is 5.63. The van der Waals surface area contributed by atoms with E-state index < -0.39 is 0 Å². The van der Waals surface area contributed by atoms with Crippen molar-refractivity contribution in [3.05, 3.63) is 71.8 Å². The van der Waals surface area contributed by atoms with Gasteiger partial charge in [0.2, 0.25) is 11.8 Å². The number of hydrogen-bond acceptors (Lipinski definition) is 3. The van der Waals surface area contributed by atoms with E-state index in [-0.39, 0.29) is 24.8 Å². The van der Waals surface area contributed by atoms with E-state index in [1.165, 1.54) is 18.5 Å². The Balaban J connectivity index is 1.31. The number of carbonyl (C=O) groups is 2. The van der Waals surface area contributed by atoms with Crippen LogP contribution in [0.5, 0.6) is 0 Å². The Kier molecular flexibility index (Phi) is 5.98. The quantitative estimate of drug-likeness (QED) is 0.655. The van der Waals surface area contributed by atoms with Crippen molar-refractivity contribution in [1.29, 1.82) is 0 Å². The van der Waals surface area contributed by atoms with Crippen molar-refractivity contribution in [3.8, 4) is 0 Å². The summed E-state index contributed by atoms with van der Waals surface area (Å²) in [6.45, 7) is 4.13. The Hall–Kier alpha value is -3.34. The lowest BCUT2D eigenvalue weighted by atomic mass is 10.0. The normalized spacial score (nSPS) is 13.4. The van der Waals surface area contributed by atoms with Crippen molar-refractivity contribution in [2.75, 3.05) is 29.9 Å². The largest absolute Gasteiger partial charge is 0.372 e. The number of carbonyl (C=O) groups excluding carboxylic acids is 2. The Bertz CT molecular complexity index is 1070. The van der Waals surface area contributed by atoms with Gasteiger partial charge in [-0.1, -0.05) is 42.5 Å². The van der Waals surface area contributed by atoms with E-state index in [0.717, 1.165) is 40.7 Å². The molecule has 0 bridgehead atoms. The van der Waals surface area contributed by atoms with E-state index in [0.29, 0.717) is 0 Å². The molecular formula is C25H27N3O2. The predicted octanol–water partition coefficient (Wildman–Crippen LogP) is 4.05. The molecular weight excluding hydrogens is 374 g/mol. The van der Waals surface area contributed by atoms with E-state index in [1.807, 2.05) is 61.5 Å². The van der Waals surface area contributed by atoms with E-state index in [9.17, 15) is 9.59 Å². The molecule has 0 radical (unpaired) electrons. The van der Waals surface area contributed by atoms with E-state index in [2.05, 4.69) is 21.6 Å².